The van der Waals surface area contributed by atoms with Crippen LogP contribution in [0.5, 0.6) is 0 Å². The Morgan fingerprint density at radius 1 is 1.35 bits per heavy atom. The smallest absolute Gasteiger partial charge is 0.0247 e. The van der Waals surface area contributed by atoms with Crippen LogP contribution < -0.4 is 5.32 Å². The van der Waals surface area contributed by atoms with Crippen molar-refractivity contribution in [1.82, 2.24) is 10.2 Å². The molecule has 1 aromatic carbocycles. The van der Waals surface area contributed by atoms with E-state index in [-0.39, 0.29) is 0 Å². The van der Waals surface area contributed by atoms with E-state index >= 15 is 0 Å². The van der Waals surface area contributed by atoms with Crippen molar-refractivity contribution in [3.05, 3.63) is 33.8 Å². The highest BCUT2D eigenvalue weighted by Crippen LogP contribution is 2.29. The van der Waals surface area contributed by atoms with Crippen LogP contribution in [-0.2, 0) is 13.1 Å². The van der Waals surface area contributed by atoms with Gasteiger partial charge in [0.2, 0.25) is 0 Å². The van der Waals surface area contributed by atoms with E-state index in [9.17, 15) is 0 Å². The lowest BCUT2D eigenvalue weighted by Gasteiger charge is -2.21. The average molecular weight is 339 g/mol. The van der Waals surface area contributed by atoms with Gasteiger partial charge in [-0.1, -0.05) is 48.8 Å². The number of hydrogen-bond donors (Lipinski definition) is 1. The van der Waals surface area contributed by atoms with Crippen molar-refractivity contribution in [2.24, 2.45) is 5.92 Å². The molecule has 20 heavy (non-hydrogen) atoms. The van der Waals surface area contributed by atoms with Crippen molar-refractivity contribution in [2.75, 3.05) is 13.1 Å². The van der Waals surface area contributed by atoms with Crippen molar-refractivity contribution in [3.63, 3.8) is 0 Å². The van der Waals surface area contributed by atoms with Crippen LogP contribution >= 0.6 is 15.9 Å². The molecule has 1 saturated carbocycles. The standard InChI is InChI=1S/C17H27BrN2/c1-4-20(16-7-8-16)12-15-6-5-14(9-17(15)18)11-19-10-13(2)3/h5-6,9,13,16,19H,4,7-8,10-12H2,1-3H3. The molecule has 112 valence electrons. The predicted molar refractivity (Wildman–Crippen MR) is 89.8 cm³/mol. The van der Waals surface area contributed by atoms with E-state index in [0.29, 0.717) is 5.92 Å². The molecule has 1 aliphatic carbocycles. The number of hydrogen-bond acceptors (Lipinski definition) is 2. The van der Waals surface area contributed by atoms with Crippen LogP contribution in [0.1, 0.15) is 44.7 Å². The van der Waals surface area contributed by atoms with Gasteiger partial charge in [-0.2, -0.15) is 0 Å². The molecule has 0 aliphatic heterocycles. The van der Waals surface area contributed by atoms with Crippen molar-refractivity contribution in [2.45, 2.75) is 52.7 Å². The molecular formula is C17H27BrN2. The average Bonchev–Trinajstić information content (AvgIpc) is 3.22. The van der Waals surface area contributed by atoms with Gasteiger partial charge in [0, 0.05) is 23.6 Å². The van der Waals surface area contributed by atoms with Crippen LogP contribution in [0.25, 0.3) is 0 Å². The van der Waals surface area contributed by atoms with Crippen LogP contribution in [0.2, 0.25) is 0 Å². The second-order valence-corrected chi connectivity index (χ2v) is 7.10. The maximum atomic E-state index is 3.74. The van der Waals surface area contributed by atoms with Crippen molar-refractivity contribution < 1.29 is 0 Å². The monoisotopic (exact) mass is 338 g/mol. The molecular weight excluding hydrogens is 312 g/mol. The maximum absolute atomic E-state index is 3.74. The third-order valence-corrected chi connectivity index (χ3v) is 4.58. The molecule has 0 unspecified atom stereocenters. The molecule has 0 aromatic heterocycles. The van der Waals surface area contributed by atoms with Crippen molar-refractivity contribution in [1.29, 1.82) is 0 Å². The molecule has 1 N–H and O–H groups in total. The zero-order valence-electron chi connectivity index (χ0n) is 13.0. The fourth-order valence-electron chi connectivity index (χ4n) is 2.49. The highest BCUT2D eigenvalue weighted by Gasteiger charge is 2.27. The normalized spacial score (nSPS) is 15.3. The third kappa shape index (κ3) is 4.87. The summed E-state index contributed by atoms with van der Waals surface area (Å²) in [5.41, 5.74) is 2.77. The van der Waals surface area contributed by atoms with E-state index in [4.69, 9.17) is 0 Å². The molecule has 0 bridgehead atoms. The lowest BCUT2D eigenvalue weighted by atomic mass is 10.1. The molecule has 0 saturated heterocycles. The Balaban J connectivity index is 1.91. The van der Waals surface area contributed by atoms with Crippen LogP contribution in [0, 0.1) is 5.92 Å². The second-order valence-electron chi connectivity index (χ2n) is 6.24. The van der Waals surface area contributed by atoms with Gasteiger partial charge < -0.3 is 5.32 Å². The van der Waals surface area contributed by atoms with Gasteiger partial charge in [-0.25, -0.2) is 0 Å². The van der Waals surface area contributed by atoms with Crippen molar-refractivity contribution in [3.8, 4) is 0 Å². The first-order chi connectivity index (χ1) is 9.60. The van der Waals surface area contributed by atoms with Crippen molar-refractivity contribution >= 4 is 15.9 Å². The third-order valence-electron chi connectivity index (χ3n) is 3.84. The van der Waals surface area contributed by atoms with Gasteiger partial charge in [0.25, 0.3) is 0 Å². The van der Waals surface area contributed by atoms with Gasteiger partial charge in [0.05, 0.1) is 0 Å². The summed E-state index contributed by atoms with van der Waals surface area (Å²) < 4.78 is 1.25. The fourth-order valence-corrected chi connectivity index (χ4v) is 3.04. The topological polar surface area (TPSA) is 15.3 Å². The Morgan fingerprint density at radius 2 is 2.10 bits per heavy atom. The minimum absolute atomic E-state index is 0.703. The summed E-state index contributed by atoms with van der Waals surface area (Å²) in [6.07, 6.45) is 2.76. The second kappa shape index (κ2) is 7.58. The van der Waals surface area contributed by atoms with E-state index in [0.717, 1.165) is 32.2 Å². The lowest BCUT2D eigenvalue weighted by molar-refractivity contribution is 0.269. The van der Waals surface area contributed by atoms with Crippen LogP contribution in [0.15, 0.2) is 22.7 Å². The van der Waals surface area contributed by atoms with Gasteiger partial charge in [0.15, 0.2) is 0 Å². The van der Waals surface area contributed by atoms with E-state index in [1.807, 2.05) is 0 Å². The first kappa shape index (κ1) is 16.0. The van der Waals surface area contributed by atoms with Gasteiger partial charge in [-0.15, -0.1) is 0 Å². The highest BCUT2D eigenvalue weighted by molar-refractivity contribution is 9.10. The SMILES string of the molecule is CCN(Cc1ccc(CNCC(C)C)cc1Br)C1CC1. The Labute approximate surface area is 132 Å². The number of halogens is 1. The summed E-state index contributed by atoms with van der Waals surface area (Å²) in [6, 6.07) is 7.64. The minimum Gasteiger partial charge on any atom is -0.312 e. The summed E-state index contributed by atoms with van der Waals surface area (Å²) in [6.45, 7) is 11.0. The first-order valence-electron chi connectivity index (χ1n) is 7.82. The summed E-state index contributed by atoms with van der Waals surface area (Å²) in [4.78, 5) is 2.58. The fraction of sp³-hybridized carbons (Fsp3) is 0.647. The van der Waals surface area contributed by atoms with E-state index < -0.39 is 0 Å². The maximum Gasteiger partial charge on any atom is 0.0247 e. The summed E-state index contributed by atoms with van der Waals surface area (Å²) in [5.74, 6) is 0.703. The zero-order valence-corrected chi connectivity index (χ0v) is 14.5. The zero-order chi connectivity index (χ0) is 14.5. The van der Waals surface area contributed by atoms with Crippen LogP contribution in [0.4, 0.5) is 0 Å². The Kier molecular flexibility index (Phi) is 6.06. The summed E-state index contributed by atoms with van der Waals surface area (Å²) in [7, 11) is 0. The van der Waals surface area contributed by atoms with E-state index in [2.05, 4.69) is 65.1 Å². The molecule has 2 nitrogen and oxygen atoms in total. The van der Waals surface area contributed by atoms with Gasteiger partial charge in [-0.3, -0.25) is 4.90 Å². The Hall–Kier alpha value is -0.380. The molecule has 0 spiro atoms. The molecule has 1 aromatic rings. The van der Waals surface area contributed by atoms with Gasteiger partial charge in [0.1, 0.15) is 0 Å². The summed E-state index contributed by atoms with van der Waals surface area (Å²) in [5, 5.41) is 3.50. The minimum atomic E-state index is 0.703. The molecule has 3 heteroatoms. The first-order valence-corrected chi connectivity index (χ1v) is 8.61. The Bertz CT molecular complexity index is 427. The number of nitrogens with one attached hydrogen (secondary N) is 1. The number of benzene rings is 1. The summed E-state index contributed by atoms with van der Waals surface area (Å²) >= 11 is 3.74. The molecule has 0 radical (unpaired) electrons. The molecule has 1 fully saturated rings. The molecule has 0 heterocycles. The Morgan fingerprint density at radius 3 is 2.65 bits per heavy atom. The molecule has 2 rings (SSSR count). The highest BCUT2D eigenvalue weighted by atomic mass is 79.9. The lowest BCUT2D eigenvalue weighted by Crippen LogP contribution is -2.25. The predicted octanol–water partition coefficient (Wildman–Crippen LogP) is 4.18. The molecule has 0 atom stereocenters. The van der Waals surface area contributed by atoms with E-state index in [1.54, 1.807) is 0 Å². The quantitative estimate of drug-likeness (QED) is 0.764. The number of rotatable bonds is 8. The van der Waals surface area contributed by atoms with E-state index in [1.165, 1.54) is 28.4 Å². The van der Waals surface area contributed by atoms with Crippen LogP contribution in [0.3, 0.4) is 0 Å². The molecule has 1 aliphatic rings. The molecule has 0 amide bonds. The number of nitrogens with zero attached hydrogens (tertiary/aromatic N) is 1. The van der Waals surface area contributed by atoms with Gasteiger partial charge >= 0.3 is 0 Å². The van der Waals surface area contributed by atoms with Crippen LogP contribution in [-0.4, -0.2) is 24.0 Å². The largest absolute Gasteiger partial charge is 0.312 e. The van der Waals surface area contributed by atoms with Gasteiger partial charge in [-0.05, 0) is 49.0 Å².